The van der Waals surface area contributed by atoms with Crippen LogP contribution in [0.15, 0.2) is 23.2 Å². The number of hydrogen-bond acceptors (Lipinski definition) is 8. The Morgan fingerprint density at radius 3 is 1.46 bits per heavy atom. The van der Waals surface area contributed by atoms with Crippen molar-refractivity contribution in [3.8, 4) is 0 Å². The topological polar surface area (TPSA) is 150 Å². The molecule has 1 aromatic carbocycles. The minimum Gasteiger partial charge on any atom is -0.443 e. The number of rotatable bonds is 28. The molecule has 11 nitrogen and oxygen atoms in total. The highest BCUT2D eigenvalue weighted by Gasteiger charge is 2.47. The SMILES string of the molecule is CCCCCCCC[N+](CCCCCCCC)(CCCCCCCC)CCOC(=O)Nc1ccc(C)c(N=C=O)c1.O=S(=O)([N-]S(=O)(=O)C(F)(F)F)C(F)(F)F. The molecule has 1 aromatic rings. The predicted octanol–water partition coefficient (Wildman–Crippen LogP) is 11.5. The Hall–Kier alpha value is -2.73. The fraction of sp³-hybridized carbons (Fsp3) is 0.784. The molecule has 326 valence electrons. The number of nitrogens with one attached hydrogen (secondary N) is 1. The fourth-order valence-corrected chi connectivity index (χ4v) is 7.62. The Kier molecular flexibility index (Phi) is 26.5. The summed E-state index contributed by atoms with van der Waals surface area (Å²) in [6, 6.07) is 5.31. The summed E-state index contributed by atoms with van der Waals surface area (Å²) in [6.07, 6.45) is 24.6. The van der Waals surface area contributed by atoms with Gasteiger partial charge < -0.3 is 13.3 Å². The lowest BCUT2D eigenvalue weighted by molar-refractivity contribution is -0.929. The quantitative estimate of drug-likeness (QED) is 0.0290. The Morgan fingerprint density at radius 2 is 1.09 bits per heavy atom. The summed E-state index contributed by atoms with van der Waals surface area (Å²) in [5.41, 5.74) is -10.5. The van der Waals surface area contributed by atoms with Gasteiger partial charge in [0.2, 0.25) is 6.08 Å². The summed E-state index contributed by atoms with van der Waals surface area (Å²) < 4.78 is 116. The molecule has 0 saturated carbocycles. The van der Waals surface area contributed by atoms with E-state index < -0.39 is 37.2 Å². The molecule has 0 radical (unpaired) electrons. The van der Waals surface area contributed by atoms with Gasteiger partial charge in [-0.25, -0.2) is 26.4 Å². The lowest BCUT2D eigenvalue weighted by Crippen LogP contribution is -2.52. The van der Waals surface area contributed by atoms with Crippen LogP contribution in [0.4, 0.5) is 42.5 Å². The molecule has 0 spiro atoms. The van der Waals surface area contributed by atoms with Crippen LogP contribution in [-0.4, -0.2) is 77.3 Å². The van der Waals surface area contributed by atoms with Gasteiger partial charge in [-0.05, 0) is 63.1 Å². The van der Waals surface area contributed by atoms with Crippen molar-refractivity contribution in [2.24, 2.45) is 4.99 Å². The van der Waals surface area contributed by atoms with Crippen molar-refractivity contribution >= 4 is 43.6 Å². The van der Waals surface area contributed by atoms with Crippen LogP contribution in [0.5, 0.6) is 0 Å². The summed E-state index contributed by atoms with van der Waals surface area (Å²) >= 11 is 0. The number of sulfonamides is 2. The van der Waals surface area contributed by atoms with E-state index in [-0.39, 0.29) is 0 Å². The first-order chi connectivity index (χ1) is 26.2. The van der Waals surface area contributed by atoms with Crippen molar-refractivity contribution in [2.75, 3.05) is 38.1 Å². The van der Waals surface area contributed by atoms with Crippen LogP contribution in [-0.2, 0) is 29.6 Å². The van der Waals surface area contributed by atoms with Gasteiger partial charge in [0.05, 0.1) is 25.3 Å². The van der Waals surface area contributed by atoms with Crippen molar-refractivity contribution in [1.82, 2.24) is 0 Å². The maximum Gasteiger partial charge on any atom is 0.480 e. The third-order valence-corrected chi connectivity index (χ3v) is 11.9. The third kappa shape index (κ3) is 22.9. The van der Waals surface area contributed by atoms with Crippen LogP contribution in [0.25, 0.3) is 4.13 Å². The van der Waals surface area contributed by atoms with Crippen LogP contribution >= 0.6 is 0 Å². The van der Waals surface area contributed by atoms with Crippen LogP contribution in [0.3, 0.4) is 0 Å². The third-order valence-electron chi connectivity index (χ3n) is 9.16. The lowest BCUT2D eigenvalue weighted by atomic mass is 10.1. The number of anilines is 1. The highest BCUT2D eigenvalue weighted by Crippen LogP contribution is 2.36. The number of aryl methyl sites for hydroxylation is 1. The summed E-state index contributed by atoms with van der Waals surface area (Å²) in [7, 11) is -13.4. The lowest BCUT2D eigenvalue weighted by Gasteiger charge is -2.39. The predicted molar refractivity (Wildman–Crippen MR) is 207 cm³/mol. The van der Waals surface area contributed by atoms with E-state index in [1.165, 1.54) is 135 Å². The summed E-state index contributed by atoms with van der Waals surface area (Å²) in [4.78, 5) is 27.1. The van der Waals surface area contributed by atoms with Crippen LogP contribution in [0, 0.1) is 6.92 Å². The first-order valence-electron chi connectivity index (χ1n) is 19.5. The van der Waals surface area contributed by atoms with Gasteiger partial charge >= 0.3 is 17.1 Å². The molecule has 0 aliphatic carbocycles. The Labute approximate surface area is 330 Å². The Balaban J connectivity index is 0.00000169. The number of carbonyl (C=O) groups excluding carboxylic acids is 2. The number of aliphatic imine (C=N–C) groups is 1. The number of ether oxygens (including phenoxy) is 1. The minimum atomic E-state index is -6.72. The summed E-state index contributed by atoms with van der Waals surface area (Å²) in [5, 5.41) is 2.81. The molecule has 0 bridgehead atoms. The molecule has 0 aliphatic rings. The van der Waals surface area contributed by atoms with E-state index in [0.29, 0.717) is 18.0 Å². The number of amides is 1. The normalized spacial score (nSPS) is 12.4. The first-order valence-corrected chi connectivity index (χ1v) is 22.4. The van der Waals surface area contributed by atoms with Gasteiger partial charge in [0, 0.05) is 5.69 Å². The number of isocyanates is 1. The molecule has 0 aromatic heterocycles. The number of benzene rings is 1. The zero-order valence-corrected chi connectivity index (χ0v) is 34.9. The van der Waals surface area contributed by atoms with Crippen molar-refractivity contribution in [1.29, 1.82) is 0 Å². The highest BCUT2D eigenvalue weighted by atomic mass is 32.3. The Bertz CT molecular complexity index is 1440. The largest absolute Gasteiger partial charge is 0.480 e. The summed E-state index contributed by atoms with van der Waals surface area (Å²) in [6.45, 7) is 13.5. The molecule has 1 rings (SSSR count). The van der Waals surface area contributed by atoms with Crippen LogP contribution in [0.1, 0.15) is 142 Å². The van der Waals surface area contributed by atoms with E-state index >= 15 is 0 Å². The number of halogens is 6. The molecule has 0 aliphatic heterocycles. The maximum atomic E-state index is 12.7. The van der Waals surface area contributed by atoms with Crippen molar-refractivity contribution < 1.29 is 62.0 Å². The molecule has 0 fully saturated rings. The highest BCUT2D eigenvalue weighted by molar-refractivity contribution is 8.13. The molecule has 0 atom stereocenters. The number of carbonyl (C=O) groups is 1. The van der Waals surface area contributed by atoms with Gasteiger partial charge in [0.1, 0.15) is 13.2 Å². The van der Waals surface area contributed by atoms with E-state index in [4.69, 9.17) is 4.74 Å². The van der Waals surface area contributed by atoms with Crippen LogP contribution < -0.4 is 5.32 Å². The number of alkyl halides is 6. The number of hydrogen-bond donors (Lipinski definition) is 1. The number of quaternary nitrogens is 1. The van der Waals surface area contributed by atoms with Gasteiger partial charge in [-0.3, -0.25) is 5.32 Å². The minimum absolute atomic E-state index is 0.415. The van der Waals surface area contributed by atoms with Gasteiger partial charge in [-0.2, -0.15) is 31.3 Å². The average molecular weight is 853 g/mol. The zero-order chi connectivity index (χ0) is 42.7. The van der Waals surface area contributed by atoms with Crippen molar-refractivity contribution in [2.45, 2.75) is 154 Å². The number of nitrogens with zero attached hydrogens (tertiary/aromatic N) is 3. The second-order valence-electron chi connectivity index (χ2n) is 13.9. The number of unbranched alkanes of at least 4 members (excludes halogenated alkanes) is 15. The maximum absolute atomic E-state index is 12.7. The van der Waals surface area contributed by atoms with E-state index in [2.05, 4.69) is 31.1 Å². The Morgan fingerprint density at radius 1 is 0.696 bits per heavy atom. The molecular formula is C37H62F6N4O7S2. The molecule has 0 heterocycles. The second kappa shape index (κ2) is 27.8. The monoisotopic (exact) mass is 852 g/mol. The van der Waals surface area contributed by atoms with Gasteiger partial charge in [-0.1, -0.05) is 104 Å². The molecule has 56 heavy (non-hydrogen) atoms. The van der Waals surface area contributed by atoms with Crippen LogP contribution in [0.2, 0.25) is 0 Å². The molecular weight excluding hydrogens is 791 g/mol. The van der Waals surface area contributed by atoms with E-state index in [1.54, 1.807) is 18.2 Å². The van der Waals surface area contributed by atoms with Crippen molar-refractivity contribution in [3.63, 3.8) is 0 Å². The van der Waals surface area contributed by atoms with E-state index in [1.807, 2.05) is 13.0 Å². The molecule has 19 heteroatoms. The van der Waals surface area contributed by atoms with E-state index in [0.717, 1.165) is 20.7 Å². The first kappa shape index (κ1) is 53.3. The van der Waals surface area contributed by atoms with Gasteiger partial charge in [0.25, 0.3) is 0 Å². The zero-order valence-electron chi connectivity index (χ0n) is 33.3. The van der Waals surface area contributed by atoms with Gasteiger partial charge in [0.15, 0.2) is 20.0 Å². The average Bonchev–Trinajstić information content (AvgIpc) is 3.10. The smallest absolute Gasteiger partial charge is 0.443 e. The standard InChI is InChI=1S/C35H61N3O3.C2F6NO4S2/c1-5-8-11-14-17-20-25-38(26-21-18-15-12-9-6-2,27-22-19-16-13-10-7-3)28-29-41-35(40)37-33-24-23-32(4)34(30-33)36-31-39;3-1(4,5)14(10,11)9-15(12,13)2(6,7)8/h23-24,30H,5-22,25-29H2,1-4H3;/q;-1/p+1. The fourth-order valence-electron chi connectivity index (χ4n) is 5.91. The van der Waals surface area contributed by atoms with Crippen molar-refractivity contribution in [3.05, 3.63) is 27.9 Å². The molecule has 0 unspecified atom stereocenters. The molecule has 1 N–H and O–H groups in total. The second-order valence-corrected chi connectivity index (χ2v) is 17.3. The molecule has 0 saturated heterocycles. The van der Waals surface area contributed by atoms with Gasteiger partial charge in [-0.15, -0.1) is 0 Å². The molecule has 1 amide bonds. The summed E-state index contributed by atoms with van der Waals surface area (Å²) in [5.74, 6) is 0. The van der Waals surface area contributed by atoms with E-state index in [9.17, 15) is 52.8 Å².